The van der Waals surface area contributed by atoms with Crippen molar-refractivity contribution in [3.63, 3.8) is 0 Å². The number of nitrogens with two attached hydrogens (primary N) is 1. The van der Waals surface area contributed by atoms with Crippen LogP contribution in [0.1, 0.15) is 37.4 Å². The molecule has 0 aromatic heterocycles. The molecule has 0 spiro atoms. The second-order valence-corrected chi connectivity index (χ2v) is 5.81. The van der Waals surface area contributed by atoms with Gasteiger partial charge in [-0.15, -0.1) is 0 Å². The van der Waals surface area contributed by atoms with Crippen LogP contribution < -0.4 is 5.73 Å². The highest BCUT2D eigenvalue weighted by Gasteiger charge is 2.12. The highest BCUT2D eigenvalue weighted by molar-refractivity contribution is 5.25. The van der Waals surface area contributed by atoms with Crippen LogP contribution in [-0.2, 0) is 6.42 Å². The summed E-state index contributed by atoms with van der Waals surface area (Å²) in [5.74, 6) is 0. The first-order valence-corrected chi connectivity index (χ1v) is 7.78. The Morgan fingerprint density at radius 1 is 1.00 bits per heavy atom. The maximum Gasteiger partial charge on any atom is 0.0424 e. The van der Waals surface area contributed by atoms with E-state index in [4.69, 9.17) is 5.73 Å². The first-order valence-electron chi connectivity index (χ1n) is 7.78. The molecule has 1 atom stereocenters. The van der Waals surface area contributed by atoms with E-state index >= 15 is 0 Å². The molecular weight excluding hydrogens is 246 g/mol. The van der Waals surface area contributed by atoms with Crippen molar-refractivity contribution in [3.8, 4) is 0 Å². The summed E-state index contributed by atoms with van der Waals surface area (Å²) in [5, 5.41) is 0. The topological polar surface area (TPSA) is 32.5 Å². The number of likely N-dealkylation sites (N-methyl/N-ethyl adjacent to an activating group) is 1. The number of benzene rings is 1. The molecule has 0 amide bonds. The highest BCUT2D eigenvalue weighted by atomic mass is 15.2. The fourth-order valence-corrected chi connectivity index (χ4v) is 2.34. The summed E-state index contributed by atoms with van der Waals surface area (Å²) in [6.07, 6.45) is 2.26. The molecule has 0 heterocycles. The van der Waals surface area contributed by atoms with Gasteiger partial charge in [-0.2, -0.15) is 0 Å². The smallest absolute Gasteiger partial charge is 0.0424 e. The normalized spacial score (nSPS) is 13.2. The van der Waals surface area contributed by atoms with E-state index < -0.39 is 0 Å². The van der Waals surface area contributed by atoms with Gasteiger partial charge in [0.05, 0.1) is 0 Å². The number of rotatable bonds is 9. The summed E-state index contributed by atoms with van der Waals surface area (Å²) in [6, 6.07) is 8.85. The Morgan fingerprint density at radius 2 is 1.65 bits per heavy atom. The summed E-state index contributed by atoms with van der Waals surface area (Å²) in [7, 11) is 4.24. The number of nitrogens with zero attached hydrogens (tertiary/aromatic N) is 2. The molecule has 3 heteroatoms. The molecule has 0 saturated carbocycles. The zero-order chi connectivity index (χ0) is 15.0. The van der Waals surface area contributed by atoms with E-state index in [1.807, 2.05) is 0 Å². The molecule has 1 rings (SSSR count). The minimum Gasteiger partial charge on any atom is -0.323 e. The Bertz CT molecular complexity index is 359. The molecule has 0 aliphatic carbocycles. The second-order valence-electron chi connectivity index (χ2n) is 5.81. The quantitative estimate of drug-likeness (QED) is 0.753. The maximum atomic E-state index is 6.37. The molecule has 1 unspecified atom stereocenters. The predicted octanol–water partition coefficient (Wildman–Crippen LogP) is 2.52. The van der Waals surface area contributed by atoms with Gasteiger partial charge in [0.1, 0.15) is 0 Å². The van der Waals surface area contributed by atoms with E-state index in [1.54, 1.807) is 0 Å². The van der Waals surface area contributed by atoms with Crippen LogP contribution in [0.3, 0.4) is 0 Å². The fraction of sp³-hybridized carbons (Fsp3) is 0.647. The Hall–Kier alpha value is -0.900. The van der Waals surface area contributed by atoms with Gasteiger partial charge in [0.2, 0.25) is 0 Å². The lowest BCUT2D eigenvalue weighted by Gasteiger charge is -2.26. The molecule has 20 heavy (non-hydrogen) atoms. The zero-order valence-electron chi connectivity index (χ0n) is 13.6. The summed E-state index contributed by atoms with van der Waals surface area (Å²) in [5.41, 5.74) is 8.99. The van der Waals surface area contributed by atoms with Gasteiger partial charge >= 0.3 is 0 Å². The Morgan fingerprint density at radius 3 is 2.15 bits per heavy atom. The third kappa shape index (κ3) is 6.04. The first kappa shape index (κ1) is 17.2. The standard InChI is InChI=1S/C17H31N3/c1-5-11-20(13-12-19(3)4)14-17(18)16-9-7-15(6-2)8-10-16/h7-10,17H,5-6,11-14,18H2,1-4H3. The van der Waals surface area contributed by atoms with Crippen molar-refractivity contribution in [1.29, 1.82) is 0 Å². The zero-order valence-corrected chi connectivity index (χ0v) is 13.6. The van der Waals surface area contributed by atoms with Gasteiger partial charge < -0.3 is 15.5 Å². The van der Waals surface area contributed by atoms with Gasteiger partial charge in [0.25, 0.3) is 0 Å². The van der Waals surface area contributed by atoms with Crippen LogP contribution in [0.15, 0.2) is 24.3 Å². The van der Waals surface area contributed by atoms with Crippen molar-refractivity contribution >= 4 is 0 Å². The molecule has 3 nitrogen and oxygen atoms in total. The summed E-state index contributed by atoms with van der Waals surface area (Å²) >= 11 is 0. The van der Waals surface area contributed by atoms with Crippen LogP contribution in [0.4, 0.5) is 0 Å². The van der Waals surface area contributed by atoms with E-state index in [1.165, 1.54) is 17.5 Å². The van der Waals surface area contributed by atoms with Crippen LogP contribution in [0, 0.1) is 0 Å². The molecule has 114 valence electrons. The van der Waals surface area contributed by atoms with Crippen LogP contribution >= 0.6 is 0 Å². The van der Waals surface area contributed by atoms with E-state index in [-0.39, 0.29) is 6.04 Å². The molecular formula is C17H31N3. The summed E-state index contributed by atoms with van der Waals surface area (Å²) < 4.78 is 0. The van der Waals surface area contributed by atoms with Crippen LogP contribution in [-0.4, -0.2) is 50.1 Å². The summed E-state index contributed by atoms with van der Waals surface area (Å²) in [6.45, 7) is 8.63. The molecule has 0 radical (unpaired) electrons. The molecule has 1 aromatic carbocycles. The molecule has 1 aromatic rings. The van der Waals surface area contributed by atoms with Gasteiger partial charge in [-0.1, -0.05) is 38.1 Å². The Balaban J connectivity index is 2.56. The number of aryl methyl sites for hydroxylation is 1. The van der Waals surface area contributed by atoms with Gasteiger partial charge in [-0.25, -0.2) is 0 Å². The Labute approximate surface area is 124 Å². The average Bonchev–Trinajstić information content (AvgIpc) is 2.45. The third-order valence-corrected chi connectivity index (χ3v) is 3.67. The number of hydrogen-bond donors (Lipinski definition) is 1. The van der Waals surface area contributed by atoms with Crippen molar-refractivity contribution in [2.24, 2.45) is 5.73 Å². The lowest BCUT2D eigenvalue weighted by atomic mass is 10.0. The lowest BCUT2D eigenvalue weighted by molar-refractivity contribution is 0.229. The molecule has 0 bridgehead atoms. The fourth-order valence-electron chi connectivity index (χ4n) is 2.34. The van der Waals surface area contributed by atoms with Crippen LogP contribution in [0.25, 0.3) is 0 Å². The third-order valence-electron chi connectivity index (χ3n) is 3.67. The molecule has 2 N–H and O–H groups in total. The molecule has 0 aliphatic heterocycles. The van der Waals surface area contributed by atoms with Crippen molar-refractivity contribution in [1.82, 2.24) is 9.80 Å². The van der Waals surface area contributed by atoms with Gasteiger partial charge in [-0.3, -0.25) is 0 Å². The minimum atomic E-state index is 0.106. The van der Waals surface area contributed by atoms with Gasteiger partial charge in [0, 0.05) is 25.7 Å². The van der Waals surface area contributed by atoms with Crippen molar-refractivity contribution in [2.75, 3.05) is 40.3 Å². The van der Waals surface area contributed by atoms with Crippen molar-refractivity contribution in [3.05, 3.63) is 35.4 Å². The lowest BCUT2D eigenvalue weighted by Crippen LogP contribution is -2.37. The molecule has 0 fully saturated rings. The van der Waals surface area contributed by atoms with Crippen LogP contribution in [0.2, 0.25) is 0 Å². The summed E-state index contributed by atoms with van der Waals surface area (Å²) in [4.78, 5) is 4.70. The van der Waals surface area contributed by atoms with E-state index in [9.17, 15) is 0 Å². The van der Waals surface area contributed by atoms with Crippen LogP contribution in [0.5, 0.6) is 0 Å². The van der Waals surface area contributed by atoms with Crippen molar-refractivity contribution in [2.45, 2.75) is 32.7 Å². The molecule has 0 aliphatic rings. The van der Waals surface area contributed by atoms with Gasteiger partial charge in [-0.05, 0) is 44.6 Å². The largest absolute Gasteiger partial charge is 0.323 e. The number of hydrogen-bond acceptors (Lipinski definition) is 3. The Kier molecular flexibility index (Phi) is 7.82. The maximum absolute atomic E-state index is 6.37. The highest BCUT2D eigenvalue weighted by Crippen LogP contribution is 2.13. The minimum absolute atomic E-state index is 0.106. The van der Waals surface area contributed by atoms with E-state index in [2.05, 4.69) is 62.0 Å². The second kappa shape index (κ2) is 9.11. The van der Waals surface area contributed by atoms with Gasteiger partial charge in [0.15, 0.2) is 0 Å². The SMILES string of the molecule is CCCN(CCN(C)C)CC(N)c1ccc(CC)cc1. The van der Waals surface area contributed by atoms with E-state index in [0.29, 0.717) is 0 Å². The monoisotopic (exact) mass is 277 g/mol. The molecule has 0 saturated heterocycles. The van der Waals surface area contributed by atoms with E-state index in [0.717, 1.165) is 32.6 Å². The predicted molar refractivity (Wildman–Crippen MR) is 88.0 cm³/mol. The first-order chi connectivity index (χ1) is 9.56. The average molecular weight is 277 g/mol. The van der Waals surface area contributed by atoms with Crippen molar-refractivity contribution < 1.29 is 0 Å².